The van der Waals surface area contributed by atoms with Crippen molar-refractivity contribution in [3.05, 3.63) is 45.4 Å². The fourth-order valence-corrected chi connectivity index (χ4v) is 3.45. The molecular formula is C16H22N2OS. The molecule has 0 radical (unpaired) electrons. The van der Waals surface area contributed by atoms with Crippen LogP contribution in [0.4, 0.5) is 0 Å². The fourth-order valence-electron chi connectivity index (χ4n) is 2.51. The van der Waals surface area contributed by atoms with Gasteiger partial charge in [0, 0.05) is 22.5 Å². The number of nitrogens with zero attached hydrogens (tertiary/aromatic N) is 1. The number of aryl methyl sites for hydroxylation is 2. The van der Waals surface area contributed by atoms with Crippen molar-refractivity contribution in [2.75, 3.05) is 7.11 Å². The topological polar surface area (TPSA) is 34.1 Å². The van der Waals surface area contributed by atoms with Crippen LogP contribution in [0.15, 0.2) is 24.3 Å². The van der Waals surface area contributed by atoms with E-state index >= 15 is 0 Å². The van der Waals surface area contributed by atoms with E-state index in [9.17, 15) is 0 Å². The summed E-state index contributed by atoms with van der Waals surface area (Å²) >= 11 is 1.76. The smallest absolute Gasteiger partial charge is 0.123 e. The van der Waals surface area contributed by atoms with Gasteiger partial charge in [0.05, 0.1) is 17.8 Å². The molecule has 1 aromatic heterocycles. The number of hydrogen-bond donors (Lipinski definition) is 1. The molecule has 2 rings (SSSR count). The summed E-state index contributed by atoms with van der Waals surface area (Å²) in [6, 6.07) is 8.65. The maximum atomic E-state index is 5.43. The second-order valence-electron chi connectivity index (χ2n) is 5.03. The summed E-state index contributed by atoms with van der Waals surface area (Å²) in [7, 11) is 1.71. The number of hydrogen-bond acceptors (Lipinski definition) is 4. The van der Waals surface area contributed by atoms with Gasteiger partial charge in [-0.3, -0.25) is 0 Å². The molecule has 0 saturated carbocycles. The van der Waals surface area contributed by atoms with Gasteiger partial charge in [0.15, 0.2) is 0 Å². The lowest BCUT2D eigenvalue weighted by molar-refractivity contribution is 0.397. The van der Waals surface area contributed by atoms with Gasteiger partial charge in [-0.15, -0.1) is 11.3 Å². The van der Waals surface area contributed by atoms with Crippen LogP contribution in [0, 0.1) is 13.8 Å². The van der Waals surface area contributed by atoms with Crippen LogP contribution >= 0.6 is 11.3 Å². The summed E-state index contributed by atoms with van der Waals surface area (Å²) in [6.07, 6.45) is 0. The van der Waals surface area contributed by atoms with E-state index in [1.165, 1.54) is 10.4 Å². The fraction of sp³-hybridized carbons (Fsp3) is 0.438. The number of thiazole rings is 1. The second kappa shape index (κ2) is 6.37. The van der Waals surface area contributed by atoms with Crippen LogP contribution in [0.25, 0.3) is 0 Å². The number of methoxy groups -OCH3 is 1. The average molecular weight is 290 g/mol. The van der Waals surface area contributed by atoms with Crippen LogP contribution in [-0.2, 0) is 0 Å². The highest BCUT2D eigenvalue weighted by molar-refractivity contribution is 7.11. The van der Waals surface area contributed by atoms with E-state index in [2.05, 4.69) is 44.1 Å². The number of benzene rings is 1. The van der Waals surface area contributed by atoms with Crippen LogP contribution in [0.2, 0.25) is 0 Å². The molecule has 0 fully saturated rings. The normalized spacial score (nSPS) is 14.1. The lowest BCUT2D eigenvalue weighted by Crippen LogP contribution is -2.22. The van der Waals surface area contributed by atoms with Crippen molar-refractivity contribution in [2.45, 2.75) is 39.8 Å². The third kappa shape index (κ3) is 3.19. The van der Waals surface area contributed by atoms with E-state index in [0.717, 1.165) is 16.5 Å². The first-order chi connectivity index (χ1) is 9.52. The van der Waals surface area contributed by atoms with Gasteiger partial charge < -0.3 is 10.1 Å². The van der Waals surface area contributed by atoms with Gasteiger partial charge >= 0.3 is 0 Å². The molecule has 1 aromatic carbocycles. The molecule has 1 heterocycles. The van der Waals surface area contributed by atoms with E-state index in [0.29, 0.717) is 0 Å². The van der Waals surface area contributed by atoms with Crippen LogP contribution < -0.4 is 10.1 Å². The Morgan fingerprint density at radius 2 is 1.85 bits per heavy atom. The van der Waals surface area contributed by atoms with Crippen LogP contribution in [0.3, 0.4) is 0 Å². The summed E-state index contributed by atoms with van der Waals surface area (Å²) in [5, 5.41) is 4.75. The van der Waals surface area contributed by atoms with E-state index < -0.39 is 0 Å². The monoisotopic (exact) mass is 290 g/mol. The number of nitrogens with one attached hydrogen (secondary N) is 1. The molecule has 1 unspecified atom stereocenters. The maximum absolute atomic E-state index is 5.43. The molecule has 0 amide bonds. The summed E-state index contributed by atoms with van der Waals surface area (Å²) in [4.78, 5) is 5.81. The number of aromatic nitrogens is 1. The number of rotatable bonds is 5. The van der Waals surface area contributed by atoms with Crippen LogP contribution in [0.5, 0.6) is 5.75 Å². The number of ether oxygens (including phenoxy) is 1. The molecule has 3 nitrogen and oxygen atoms in total. The molecule has 2 atom stereocenters. The molecule has 0 aliphatic carbocycles. The predicted octanol–water partition coefficient (Wildman–Crippen LogP) is 4.18. The van der Waals surface area contributed by atoms with E-state index in [1.54, 1.807) is 18.4 Å². The van der Waals surface area contributed by atoms with Gasteiger partial charge in [0.25, 0.3) is 0 Å². The van der Waals surface area contributed by atoms with Crippen molar-refractivity contribution in [3.63, 3.8) is 0 Å². The van der Waals surface area contributed by atoms with Crippen molar-refractivity contribution in [2.24, 2.45) is 0 Å². The van der Waals surface area contributed by atoms with Crippen molar-refractivity contribution in [1.29, 1.82) is 0 Å². The summed E-state index contributed by atoms with van der Waals surface area (Å²) in [6.45, 7) is 8.48. The summed E-state index contributed by atoms with van der Waals surface area (Å²) < 4.78 is 5.43. The predicted molar refractivity (Wildman–Crippen MR) is 84.5 cm³/mol. The Morgan fingerprint density at radius 3 is 2.45 bits per heavy atom. The highest BCUT2D eigenvalue weighted by Gasteiger charge is 2.17. The number of para-hydroxylation sites is 1. The average Bonchev–Trinajstić information content (AvgIpc) is 2.77. The van der Waals surface area contributed by atoms with Crippen molar-refractivity contribution in [3.8, 4) is 5.75 Å². The Kier molecular flexibility index (Phi) is 4.78. The van der Waals surface area contributed by atoms with Gasteiger partial charge in [-0.2, -0.15) is 0 Å². The molecule has 108 valence electrons. The maximum Gasteiger partial charge on any atom is 0.123 e. The molecule has 2 aromatic rings. The first kappa shape index (κ1) is 15.0. The third-order valence-electron chi connectivity index (χ3n) is 3.44. The Morgan fingerprint density at radius 1 is 1.15 bits per heavy atom. The molecule has 0 bridgehead atoms. The minimum atomic E-state index is 0.225. The standard InChI is InChI=1S/C16H22N2OS/c1-10(14-8-6-7-9-15(14)19-5)17-11(2)16-12(3)18-13(4)20-16/h6-11,17H,1-5H3/t10-,11?/m0/s1. The van der Waals surface area contributed by atoms with Crippen LogP contribution in [0.1, 0.15) is 47.1 Å². The molecule has 0 aliphatic rings. The molecule has 20 heavy (non-hydrogen) atoms. The third-order valence-corrected chi connectivity index (χ3v) is 4.69. The first-order valence-electron chi connectivity index (χ1n) is 6.85. The minimum absolute atomic E-state index is 0.225. The van der Waals surface area contributed by atoms with Crippen molar-refractivity contribution >= 4 is 11.3 Å². The van der Waals surface area contributed by atoms with Gasteiger partial charge in [-0.1, -0.05) is 18.2 Å². The highest BCUT2D eigenvalue weighted by Crippen LogP contribution is 2.29. The van der Waals surface area contributed by atoms with Crippen LogP contribution in [-0.4, -0.2) is 12.1 Å². The minimum Gasteiger partial charge on any atom is -0.496 e. The Hall–Kier alpha value is -1.39. The van der Waals surface area contributed by atoms with Gasteiger partial charge in [0.1, 0.15) is 5.75 Å². The molecule has 4 heteroatoms. The Labute approximate surface area is 125 Å². The zero-order chi connectivity index (χ0) is 14.7. The molecular weight excluding hydrogens is 268 g/mol. The van der Waals surface area contributed by atoms with Gasteiger partial charge in [-0.25, -0.2) is 4.98 Å². The Balaban J connectivity index is 2.15. The van der Waals surface area contributed by atoms with Crippen molar-refractivity contribution < 1.29 is 4.74 Å². The molecule has 0 aliphatic heterocycles. The lowest BCUT2D eigenvalue weighted by Gasteiger charge is -2.21. The molecule has 0 saturated heterocycles. The SMILES string of the molecule is COc1ccccc1[C@H](C)NC(C)c1sc(C)nc1C. The zero-order valence-corrected chi connectivity index (χ0v) is 13.5. The van der Waals surface area contributed by atoms with Gasteiger partial charge in [0.2, 0.25) is 0 Å². The molecule has 1 N–H and O–H groups in total. The van der Waals surface area contributed by atoms with E-state index in [1.807, 2.05) is 18.2 Å². The summed E-state index contributed by atoms with van der Waals surface area (Å²) in [5.41, 5.74) is 2.31. The highest BCUT2D eigenvalue weighted by atomic mass is 32.1. The molecule has 0 spiro atoms. The summed E-state index contributed by atoms with van der Waals surface area (Å²) in [5.74, 6) is 0.928. The second-order valence-corrected chi connectivity index (χ2v) is 6.27. The van der Waals surface area contributed by atoms with E-state index in [4.69, 9.17) is 4.74 Å². The van der Waals surface area contributed by atoms with E-state index in [-0.39, 0.29) is 12.1 Å². The van der Waals surface area contributed by atoms with Gasteiger partial charge in [-0.05, 0) is 33.8 Å². The zero-order valence-electron chi connectivity index (χ0n) is 12.7. The first-order valence-corrected chi connectivity index (χ1v) is 7.67. The Bertz CT molecular complexity index is 580. The quantitative estimate of drug-likeness (QED) is 0.897. The van der Waals surface area contributed by atoms with Crippen molar-refractivity contribution in [1.82, 2.24) is 10.3 Å². The largest absolute Gasteiger partial charge is 0.496 e. The lowest BCUT2D eigenvalue weighted by atomic mass is 10.1.